The van der Waals surface area contributed by atoms with Crippen molar-refractivity contribution in [1.29, 1.82) is 0 Å². The van der Waals surface area contributed by atoms with Crippen molar-refractivity contribution >= 4 is 23.2 Å². The second-order valence-electron chi connectivity index (χ2n) is 9.79. The number of furan rings is 1. The van der Waals surface area contributed by atoms with Crippen molar-refractivity contribution in [3.8, 4) is 17.0 Å². The number of benzene rings is 3. The number of rotatable bonds is 10. The Balaban J connectivity index is 1.21. The molecule has 0 bridgehead atoms. The molecule has 43 heavy (non-hydrogen) atoms. The van der Waals surface area contributed by atoms with Gasteiger partial charge in [-0.1, -0.05) is 12.1 Å². The minimum atomic E-state index is -4.76. The number of nitrogens with zero attached hydrogens (tertiary/aromatic N) is 2. The number of hydrogen-bond donors (Lipinski definition) is 3. The molecular weight excluding hydrogens is 559 g/mol. The molecule has 0 saturated heterocycles. The van der Waals surface area contributed by atoms with Crippen molar-refractivity contribution in [2.75, 3.05) is 10.6 Å². The zero-order valence-corrected chi connectivity index (χ0v) is 23.3. The van der Waals surface area contributed by atoms with Crippen molar-refractivity contribution in [2.45, 2.75) is 33.3 Å². The molecule has 0 fully saturated rings. The van der Waals surface area contributed by atoms with Crippen LogP contribution in [0.5, 0.6) is 5.75 Å². The zero-order valence-electron chi connectivity index (χ0n) is 23.3. The second kappa shape index (κ2) is 12.8. The van der Waals surface area contributed by atoms with E-state index in [1.807, 2.05) is 44.2 Å². The van der Waals surface area contributed by atoms with E-state index in [0.717, 1.165) is 28.1 Å². The lowest BCUT2D eigenvalue weighted by atomic mass is 10.1. The minimum Gasteiger partial charge on any atom is -0.468 e. The Morgan fingerprint density at radius 2 is 1.70 bits per heavy atom. The number of halogens is 3. The molecule has 0 spiro atoms. The third kappa shape index (κ3) is 7.98. The Bertz CT molecular complexity index is 1690. The summed E-state index contributed by atoms with van der Waals surface area (Å²) in [6.07, 6.45) is -1.50. The van der Waals surface area contributed by atoms with Gasteiger partial charge in [0.2, 0.25) is 5.95 Å². The first-order valence-electron chi connectivity index (χ1n) is 13.3. The molecule has 3 N–H and O–H groups in total. The summed E-state index contributed by atoms with van der Waals surface area (Å²) in [6, 6.07) is 22.0. The lowest BCUT2D eigenvalue weighted by Gasteiger charge is -2.12. The molecule has 0 aliphatic heterocycles. The third-order valence-electron chi connectivity index (χ3n) is 6.49. The van der Waals surface area contributed by atoms with Crippen LogP contribution < -0.4 is 20.7 Å². The van der Waals surface area contributed by atoms with E-state index in [9.17, 15) is 18.0 Å². The lowest BCUT2D eigenvalue weighted by molar-refractivity contribution is -0.274. The maximum Gasteiger partial charge on any atom is 0.573 e. The van der Waals surface area contributed by atoms with Gasteiger partial charge >= 0.3 is 6.36 Å². The summed E-state index contributed by atoms with van der Waals surface area (Å²) in [7, 11) is 0. The molecule has 0 unspecified atom stereocenters. The van der Waals surface area contributed by atoms with Crippen LogP contribution in [0.1, 0.15) is 32.8 Å². The average Bonchev–Trinajstić information content (AvgIpc) is 3.49. The molecule has 2 heterocycles. The quantitative estimate of drug-likeness (QED) is 0.155. The highest BCUT2D eigenvalue weighted by Gasteiger charge is 2.31. The molecule has 0 radical (unpaired) electrons. The van der Waals surface area contributed by atoms with Crippen LogP contribution in [-0.4, -0.2) is 22.2 Å². The summed E-state index contributed by atoms with van der Waals surface area (Å²) < 4.78 is 46.7. The number of carbonyl (C=O) groups excluding carboxylic acids is 1. The lowest BCUT2D eigenvalue weighted by Crippen LogP contribution is -2.16. The van der Waals surface area contributed by atoms with Crippen molar-refractivity contribution in [3.63, 3.8) is 0 Å². The van der Waals surface area contributed by atoms with Gasteiger partial charge in [0.25, 0.3) is 5.91 Å². The van der Waals surface area contributed by atoms with Crippen molar-refractivity contribution in [2.24, 2.45) is 0 Å². The number of nitrogens with one attached hydrogen (secondary N) is 3. The van der Waals surface area contributed by atoms with Crippen LogP contribution >= 0.6 is 0 Å². The average molecular weight is 588 g/mol. The van der Waals surface area contributed by atoms with Gasteiger partial charge in [0.05, 0.1) is 18.5 Å². The number of hydrogen-bond acceptors (Lipinski definition) is 7. The van der Waals surface area contributed by atoms with E-state index in [2.05, 4.69) is 30.7 Å². The van der Waals surface area contributed by atoms with Gasteiger partial charge in [-0.3, -0.25) is 4.79 Å². The Morgan fingerprint density at radius 3 is 2.40 bits per heavy atom. The second-order valence-corrected chi connectivity index (χ2v) is 9.79. The predicted octanol–water partition coefficient (Wildman–Crippen LogP) is 7.54. The number of aromatic nitrogens is 2. The fourth-order valence-corrected chi connectivity index (χ4v) is 4.29. The predicted molar refractivity (Wildman–Crippen MR) is 157 cm³/mol. The van der Waals surface area contributed by atoms with Gasteiger partial charge in [-0.25, -0.2) is 9.97 Å². The molecule has 2 aromatic heterocycles. The molecular formula is C32H28F3N5O3. The summed E-state index contributed by atoms with van der Waals surface area (Å²) in [5, 5.41) is 9.41. The first-order valence-corrected chi connectivity index (χ1v) is 13.3. The van der Waals surface area contributed by atoms with Crippen LogP contribution in [0.2, 0.25) is 0 Å². The minimum absolute atomic E-state index is 0.248. The van der Waals surface area contributed by atoms with Crippen LogP contribution in [0.25, 0.3) is 11.3 Å². The van der Waals surface area contributed by atoms with Gasteiger partial charge in [0.1, 0.15) is 11.5 Å². The summed E-state index contributed by atoms with van der Waals surface area (Å²) in [5.41, 5.74) is 5.72. The van der Waals surface area contributed by atoms with Crippen LogP contribution in [0, 0.1) is 13.8 Å². The molecule has 0 saturated carbocycles. The normalized spacial score (nSPS) is 11.3. The number of anilines is 3. The topological polar surface area (TPSA) is 101 Å². The van der Waals surface area contributed by atoms with Gasteiger partial charge in [0.15, 0.2) is 0 Å². The first-order chi connectivity index (χ1) is 20.6. The fraction of sp³-hybridized carbons (Fsp3) is 0.156. The molecule has 220 valence electrons. The summed E-state index contributed by atoms with van der Waals surface area (Å²) in [6.45, 7) is 4.96. The molecule has 1 amide bonds. The maximum absolute atomic E-state index is 13.0. The third-order valence-corrected chi connectivity index (χ3v) is 6.49. The molecule has 0 atom stereocenters. The number of ether oxygens (including phenoxy) is 1. The Kier molecular flexibility index (Phi) is 8.72. The van der Waals surface area contributed by atoms with E-state index < -0.39 is 6.36 Å². The highest BCUT2D eigenvalue weighted by atomic mass is 19.4. The van der Waals surface area contributed by atoms with Gasteiger partial charge in [-0.15, -0.1) is 13.2 Å². The monoisotopic (exact) mass is 587 g/mol. The highest BCUT2D eigenvalue weighted by Crippen LogP contribution is 2.28. The van der Waals surface area contributed by atoms with Gasteiger partial charge in [-0.2, -0.15) is 0 Å². The van der Waals surface area contributed by atoms with Crippen molar-refractivity contribution in [3.05, 3.63) is 119 Å². The largest absolute Gasteiger partial charge is 0.573 e. The van der Waals surface area contributed by atoms with E-state index in [-0.39, 0.29) is 11.7 Å². The maximum atomic E-state index is 13.0. The number of amides is 1. The molecule has 8 nitrogen and oxygen atoms in total. The van der Waals surface area contributed by atoms with Crippen LogP contribution in [0.15, 0.2) is 95.7 Å². The molecule has 0 aliphatic carbocycles. The van der Waals surface area contributed by atoms with Crippen LogP contribution in [0.3, 0.4) is 0 Å². The van der Waals surface area contributed by atoms with Crippen molar-refractivity contribution in [1.82, 2.24) is 15.3 Å². The van der Waals surface area contributed by atoms with Gasteiger partial charge in [-0.05, 0) is 97.3 Å². The summed E-state index contributed by atoms with van der Waals surface area (Å²) >= 11 is 0. The van der Waals surface area contributed by atoms with E-state index in [1.54, 1.807) is 36.7 Å². The van der Waals surface area contributed by atoms with E-state index in [1.165, 1.54) is 24.3 Å². The molecule has 11 heteroatoms. The van der Waals surface area contributed by atoms with Crippen LogP contribution in [-0.2, 0) is 13.1 Å². The molecule has 5 rings (SSSR count). The number of aryl methyl sites for hydroxylation is 2. The van der Waals surface area contributed by atoms with Gasteiger partial charge in [0, 0.05) is 35.2 Å². The molecule has 3 aromatic carbocycles. The van der Waals surface area contributed by atoms with Gasteiger partial charge < -0.3 is 25.1 Å². The van der Waals surface area contributed by atoms with E-state index >= 15 is 0 Å². The Hall–Kier alpha value is -5.16. The number of alkyl halides is 3. The standard InChI is InChI=1S/C32H28F3N5O3/c1-20-5-6-22(18-36-19-27-4-3-15-42-27)16-28(20)39-30(41)24-7-11-25(12-8-24)38-31-37-17-21(2)29(40-31)23-9-13-26(14-10-23)43-32(33,34)35/h3-17,36H,18-19H2,1-2H3,(H,39,41)(H,37,38,40). The molecule has 5 aromatic rings. The summed E-state index contributed by atoms with van der Waals surface area (Å²) in [4.78, 5) is 21.8. The Labute approximate surface area is 246 Å². The Morgan fingerprint density at radius 1 is 0.930 bits per heavy atom. The fourth-order valence-electron chi connectivity index (χ4n) is 4.29. The van der Waals surface area contributed by atoms with E-state index in [0.29, 0.717) is 41.5 Å². The highest BCUT2D eigenvalue weighted by molar-refractivity contribution is 6.04. The SMILES string of the molecule is Cc1ccc(CNCc2ccco2)cc1NC(=O)c1ccc(Nc2ncc(C)c(-c3ccc(OC(F)(F)F)cc3)n2)cc1. The zero-order chi connectivity index (χ0) is 30.4. The van der Waals surface area contributed by atoms with E-state index in [4.69, 9.17) is 4.42 Å². The van der Waals surface area contributed by atoms with Crippen LogP contribution in [0.4, 0.5) is 30.5 Å². The smallest absolute Gasteiger partial charge is 0.468 e. The first kappa shape index (κ1) is 29.3. The number of carbonyl (C=O) groups is 1. The summed E-state index contributed by atoms with van der Waals surface area (Å²) in [5.74, 6) is 0.580. The molecule has 0 aliphatic rings. The van der Waals surface area contributed by atoms with Crippen molar-refractivity contribution < 1.29 is 27.1 Å².